The Labute approximate surface area is 190 Å². The Morgan fingerprint density at radius 3 is 2.59 bits per heavy atom. The average molecular weight is 443 g/mol. The number of nitrogens with one attached hydrogen (secondary N) is 1. The van der Waals surface area contributed by atoms with Crippen molar-refractivity contribution in [1.82, 2.24) is 15.3 Å². The molecule has 1 N–H and O–H groups in total. The summed E-state index contributed by atoms with van der Waals surface area (Å²) >= 11 is 0. The van der Waals surface area contributed by atoms with Crippen LogP contribution in [0.15, 0.2) is 24.4 Å². The number of carbonyl (C=O) groups is 1. The first-order valence-electron chi connectivity index (χ1n) is 11.9. The third-order valence-electron chi connectivity index (χ3n) is 6.78. The standard InChI is InChI=1S/C24H32N4O4.H2/c29-23(26-18-7-12-30-13-8-18)17-3-5-19(6-4-17)32-24-20-2-1-9-25-21(20)16-22(27-24)28-10-14-31-15-11-28;/h1-2,9,16-19H,3-8,10-15H2,(H,26,29);1H. The first-order chi connectivity index (χ1) is 15.8. The fourth-order valence-corrected chi connectivity index (χ4v) is 4.84. The minimum absolute atomic E-state index is 0. The van der Waals surface area contributed by atoms with Crippen molar-refractivity contribution < 1.29 is 20.4 Å². The van der Waals surface area contributed by atoms with Crippen molar-refractivity contribution in [3.8, 4) is 5.88 Å². The fraction of sp³-hybridized carbons (Fsp3) is 0.625. The molecule has 0 spiro atoms. The summed E-state index contributed by atoms with van der Waals surface area (Å²) < 4.78 is 17.3. The number of anilines is 1. The van der Waals surface area contributed by atoms with Crippen LogP contribution >= 0.6 is 0 Å². The molecule has 2 aromatic heterocycles. The van der Waals surface area contributed by atoms with Crippen LogP contribution < -0.4 is 15.0 Å². The highest BCUT2D eigenvalue weighted by Crippen LogP contribution is 2.32. The minimum Gasteiger partial charge on any atom is -0.474 e. The first kappa shape index (κ1) is 21.4. The van der Waals surface area contributed by atoms with Crippen LogP contribution in [0.2, 0.25) is 0 Å². The Kier molecular flexibility index (Phi) is 6.69. The lowest BCUT2D eigenvalue weighted by molar-refractivity contribution is -0.127. The van der Waals surface area contributed by atoms with Gasteiger partial charge in [-0.2, -0.15) is 4.98 Å². The Bertz CT molecular complexity index is 926. The van der Waals surface area contributed by atoms with E-state index in [1.54, 1.807) is 6.20 Å². The van der Waals surface area contributed by atoms with Gasteiger partial charge >= 0.3 is 0 Å². The second-order valence-corrected chi connectivity index (χ2v) is 8.94. The van der Waals surface area contributed by atoms with Crippen molar-refractivity contribution in [1.29, 1.82) is 0 Å². The largest absolute Gasteiger partial charge is 0.474 e. The molecule has 0 atom stereocenters. The Balaban J connectivity index is 0.00000259. The highest BCUT2D eigenvalue weighted by atomic mass is 16.5. The number of hydrogen-bond acceptors (Lipinski definition) is 7. The highest BCUT2D eigenvalue weighted by Gasteiger charge is 2.29. The maximum Gasteiger partial charge on any atom is 0.225 e. The number of ether oxygens (including phenoxy) is 3. The molecule has 4 heterocycles. The van der Waals surface area contributed by atoms with E-state index in [-0.39, 0.29) is 25.4 Å². The summed E-state index contributed by atoms with van der Waals surface area (Å²) in [6.45, 7) is 4.53. The molecule has 0 unspecified atom stereocenters. The quantitative estimate of drug-likeness (QED) is 0.762. The number of morpholine rings is 1. The second-order valence-electron chi connectivity index (χ2n) is 8.94. The molecule has 0 radical (unpaired) electrons. The molecule has 8 heteroatoms. The van der Waals surface area contributed by atoms with Crippen molar-refractivity contribution in [2.45, 2.75) is 50.7 Å². The highest BCUT2D eigenvalue weighted by molar-refractivity contribution is 5.85. The molecule has 0 aromatic carbocycles. The molecule has 1 aliphatic carbocycles. The van der Waals surface area contributed by atoms with Gasteiger partial charge in [0.05, 0.1) is 24.1 Å². The number of rotatable bonds is 5. The first-order valence-corrected chi connectivity index (χ1v) is 11.9. The summed E-state index contributed by atoms with van der Waals surface area (Å²) in [7, 11) is 0. The zero-order chi connectivity index (χ0) is 21.8. The van der Waals surface area contributed by atoms with Gasteiger partial charge in [-0.3, -0.25) is 9.78 Å². The summed E-state index contributed by atoms with van der Waals surface area (Å²) in [6.07, 6.45) is 7.11. The number of hydrogen-bond donors (Lipinski definition) is 1. The van der Waals surface area contributed by atoms with E-state index in [9.17, 15) is 4.79 Å². The molecule has 1 saturated carbocycles. The molecular weight excluding hydrogens is 408 g/mol. The van der Waals surface area contributed by atoms with E-state index in [2.05, 4.69) is 15.2 Å². The molecule has 0 bridgehead atoms. The smallest absolute Gasteiger partial charge is 0.225 e. The van der Waals surface area contributed by atoms with Gasteiger partial charge in [0.25, 0.3) is 0 Å². The molecule has 2 saturated heterocycles. The van der Waals surface area contributed by atoms with Crippen LogP contribution in [0.25, 0.3) is 10.9 Å². The summed E-state index contributed by atoms with van der Waals surface area (Å²) in [4.78, 5) is 24.3. The number of nitrogens with zero attached hydrogens (tertiary/aromatic N) is 3. The van der Waals surface area contributed by atoms with E-state index < -0.39 is 0 Å². The molecule has 2 aliphatic heterocycles. The van der Waals surface area contributed by atoms with Gasteiger partial charge in [0, 0.05) is 52.0 Å². The molecule has 1 amide bonds. The van der Waals surface area contributed by atoms with Gasteiger partial charge in [-0.15, -0.1) is 0 Å². The van der Waals surface area contributed by atoms with E-state index in [1.165, 1.54) is 0 Å². The summed E-state index contributed by atoms with van der Waals surface area (Å²) in [6, 6.07) is 6.23. The van der Waals surface area contributed by atoms with E-state index in [0.29, 0.717) is 19.1 Å². The van der Waals surface area contributed by atoms with Crippen LogP contribution in [-0.4, -0.2) is 67.5 Å². The molecular formula is C24H34N4O4. The molecule has 5 rings (SSSR count). The van der Waals surface area contributed by atoms with Crippen LogP contribution in [0.5, 0.6) is 5.88 Å². The number of carbonyl (C=O) groups excluding carboxylic acids is 1. The molecule has 32 heavy (non-hydrogen) atoms. The third-order valence-corrected chi connectivity index (χ3v) is 6.78. The number of amides is 1. The zero-order valence-corrected chi connectivity index (χ0v) is 18.5. The van der Waals surface area contributed by atoms with Gasteiger partial charge in [0.15, 0.2) is 0 Å². The van der Waals surface area contributed by atoms with Crippen LogP contribution in [0, 0.1) is 5.92 Å². The van der Waals surface area contributed by atoms with Gasteiger partial charge in [-0.1, -0.05) is 0 Å². The van der Waals surface area contributed by atoms with E-state index in [0.717, 1.165) is 81.5 Å². The Morgan fingerprint density at radius 1 is 1.06 bits per heavy atom. The van der Waals surface area contributed by atoms with Crippen LogP contribution in [0.3, 0.4) is 0 Å². The van der Waals surface area contributed by atoms with Gasteiger partial charge in [-0.05, 0) is 50.7 Å². The van der Waals surface area contributed by atoms with Crippen molar-refractivity contribution in [3.63, 3.8) is 0 Å². The SMILES string of the molecule is O=C(NC1CCOCC1)C1CCC(Oc2nc(N3CCOCC3)cc3ncccc23)CC1.[HH]. The number of aromatic nitrogens is 2. The summed E-state index contributed by atoms with van der Waals surface area (Å²) in [5, 5.41) is 4.16. The molecule has 3 fully saturated rings. The monoisotopic (exact) mass is 442 g/mol. The van der Waals surface area contributed by atoms with Crippen molar-refractivity contribution in [2.75, 3.05) is 44.4 Å². The topological polar surface area (TPSA) is 85.8 Å². The Morgan fingerprint density at radius 2 is 1.81 bits per heavy atom. The van der Waals surface area contributed by atoms with Crippen LogP contribution in [0.1, 0.15) is 40.0 Å². The zero-order valence-electron chi connectivity index (χ0n) is 18.5. The van der Waals surface area contributed by atoms with Crippen molar-refractivity contribution in [3.05, 3.63) is 24.4 Å². The van der Waals surface area contributed by atoms with Crippen LogP contribution in [0.4, 0.5) is 5.82 Å². The molecule has 2 aromatic rings. The normalized spacial score (nSPS) is 24.9. The van der Waals surface area contributed by atoms with Gasteiger partial charge in [0.2, 0.25) is 11.8 Å². The predicted octanol–water partition coefficient (Wildman–Crippen LogP) is 2.95. The molecule has 3 aliphatic rings. The molecule has 174 valence electrons. The lowest BCUT2D eigenvalue weighted by atomic mass is 9.86. The van der Waals surface area contributed by atoms with Gasteiger partial charge in [-0.25, -0.2) is 0 Å². The summed E-state index contributed by atoms with van der Waals surface area (Å²) in [5.74, 6) is 1.80. The second kappa shape index (κ2) is 10.0. The fourth-order valence-electron chi connectivity index (χ4n) is 4.84. The van der Waals surface area contributed by atoms with Crippen LogP contribution in [-0.2, 0) is 14.3 Å². The van der Waals surface area contributed by atoms with E-state index in [1.807, 2.05) is 18.2 Å². The van der Waals surface area contributed by atoms with Gasteiger partial charge in [0.1, 0.15) is 11.9 Å². The third kappa shape index (κ3) is 4.96. The molecule has 8 nitrogen and oxygen atoms in total. The van der Waals surface area contributed by atoms with Crippen molar-refractivity contribution >= 4 is 22.6 Å². The maximum absolute atomic E-state index is 12.7. The minimum atomic E-state index is 0. The lowest BCUT2D eigenvalue weighted by Crippen LogP contribution is -2.43. The van der Waals surface area contributed by atoms with Crippen molar-refractivity contribution in [2.24, 2.45) is 5.92 Å². The Hall–Kier alpha value is -2.45. The summed E-state index contributed by atoms with van der Waals surface area (Å²) in [5.41, 5.74) is 0.892. The van der Waals surface area contributed by atoms with Gasteiger partial charge < -0.3 is 24.4 Å². The van der Waals surface area contributed by atoms with E-state index >= 15 is 0 Å². The average Bonchev–Trinajstić information content (AvgIpc) is 2.85. The number of pyridine rings is 2. The van der Waals surface area contributed by atoms with E-state index in [4.69, 9.17) is 19.2 Å². The number of fused-ring (bicyclic) bond motifs is 1. The lowest BCUT2D eigenvalue weighted by Gasteiger charge is -2.31. The maximum atomic E-state index is 12.7. The predicted molar refractivity (Wildman–Crippen MR) is 123 cm³/mol.